The summed E-state index contributed by atoms with van der Waals surface area (Å²) in [5.74, 6) is -0.160. The van der Waals surface area contributed by atoms with Gasteiger partial charge in [-0.1, -0.05) is 11.6 Å². The molecule has 8 heteroatoms. The molecule has 0 unspecified atom stereocenters. The standard InChI is InChI=1S/C18H18ClN3O4/c1-26-15-6-7-16(23)12(10-15)11-20-22-18(25)9-8-17(24)21-14-4-2-13(19)3-5-14/h2-7,10-11,23H,8-9H2,1H3,(H,21,24)(H,22,25)/b20-11+. The van der Waals surface area contributed by atoms with Gasteiger partial charge in [0.05, 0.1) is 13.3 Å². The van der Waals surface area contributed by atoms with Crippen molar-refractivity contribution in [2.24, 2.45) is 5.10 Å². The first-order valence-corrected chi connectivity index (χ1v) is 8.10. The molecule has 0 atom stereocenters. The highest BCUT2D eigenvalue weighted by Gasteiger charge is 2.07. The number of hydrogen-bond acceptors (Lipinski definition) is 5. The van der Waals surface area contributed by atoms with Gasteiger partial charge in [0.2, 0.25) is 11.8 Å². The maximum atomic E-state index is 11.8. The van der Waals surface area contributed by atoms with Crippen LogP contribution in [0.1, 0.15) is 18.4 Å². The highest BCUT2D eigenvalue weighted by molar-refractivity contribution is 6.30. The van der Waals surface area contributed by atoms with Crippen molar-refractivity contribution >= 4 is 35.3 Å². The molecule has 0 aliphatic rings. The van der Waals surface area contributed by atoms with Crippen LogP contribution in [0.15, 0.2) is 47.6 Å². The number of ether oxygens (including phenoxy) is 1. The molecule has 136 valence electrons. The smallest absolute Gasteiger partial charge is 0.240 e. The van der Waals surface area contributed by atoms with Crippen LogP contribution < -0.4 is 15.5 Å². The molecule has 0 aliphatic heterocycles. The number of carbonyl (C=O) groups is 2. The number of benzene rings is 2. The van der Waals surface area contributed by atoms with E-state index in [-0.39, 0.29) is 24.5 Å². The number of aromatic hydroxyl groups is 1. The fraction of sp³-hybridized carbons (Fsp3) is 0.167. The largest absolute Gasteiger partial charge is 0.507 e. The molecule has 0 heterocycles. The summed E-state index contributed by atoms with van der Waals surface area (Å²) in [6.07, 6.45) is 1.28. The van der Waals surface area contributed by atoms with Crippen LogP contribution in [0.2, 0.25) is 5.02 Å². The molecule has 0 saturated heterocycles. The fourth-order valence-electron chi connectivity index (χ4n) is 1.98. The molecular weight excluding hydrogens is 358 g/mol. The van der Waals surface area contributed by atoms with Crippen LogP contribution in [0, 0.1) is 0 Å². The van der Waals surface area contributed by atoms with Gasteiger partial charge in [0.25, 0.3) is 0 Å². The number of nitrogens with zero attached hydrogens (tertiary/aromatic N) is 1. The van der Waals surface area contributed by atoms with Gasteiger partial charge in [-0.3, -0.25) is 9.59 Å². The summed E-state index contributed by atoms with van der Waals surface area (Å²) in [6, 6.07) is 11.3. The van der Waals surface area contributed by atoms with E-state index in [0.29, 0.717) is 22.0 Å². The van der Waals surface area contributed by atoms with Crippen LogP contribution in [-0.2, 0) is 9.59 Å². The lowest BCUT2D eigenvalue weighted by atomic mass is 10.2. The molecule has 3 N–H and O–H groups in total. The van der Waals surface area contributed by atoms with Gasteiger partial charge < -0.3 is 15.2 Å². The zero-order valence-electron chi connectivity index (χ0n) is 14.0. The summed E-state index contributed by atoms with van der Waals surface area (Å²) in [5, 5.41) is 16.7. The zero-order valence-corrected chi connectivity index (χ0v) is 14.8. The van der Waals surface area contributed by atoms with E-state index in [0.717, 1.165) is 0 Å². The number of anilines is 1. The van der Waals surface area contributed by atoms with Crippen LogP contribution in [0.5, 0.6) is 11.5 Å². The van der Waals surface area contributed by atoms with Crippen molar-refractivity contribution in [3.8, 4) is 11.5 Å². The van der Waals surface area contributed by atoms with Gasteiger partial charge in [0, 0.05) is 29.1 Å². The SMILES string of the molecule is COc1ccc(O)c(/C=N/NC(=O)CCC(=O)Nc2ccc(Cl)cc2)c1. The van der Waals surface area contributed by atoms with Crippen molar-refractivity contribution in [2.75, 3.05) is 12.4 Å². The van der Waals surface area contributed by atoms with Crippen molar-refractivity contribution in [2.45, 2.75) is 12.8 Å². The van der Waals surface area contributed by atoms with Gasteiger partial charge in [0.1, 0.15) is 11.5 Å². The topological polar surface area (TPSA) is 100 Å². The molecule has 2 aromatic rings. The average molecular weight is 376 g/mol. The van der Waals surface area contributed by atoms with Crippen molar-refractivity contribution in [1.82, 2.24) is 5.43 Å². The molecule has 0 radical (unpaired) electrons. The number of nitrogens with one attached hydrogen (secondary N) is 2. The summed E-state index contributed by atoms with van der Waals surface area (Å²) in [7, 11) is 1.50. The van der Waals surface area contributed by atoms with Crippen LogP contribution in [0.25, 0.3) is 0 Å². The third-order valence-electron chi connectivity index (χ3n) is 3.33. The summed E-state index contributed by atoms with van der Waals surface area (Å²) in [6.45, 7) is 0. The Hall–Kier alpha value is -3.06. The normalized spacial score (nSPS) is 10.5. The van der Waals surface area contributed by atoms with Gasteiger partial charge in [-0.25, -0.2) is 5.43 Å². The highest BCUT2D eigenvalue weighted by atomic mass is 35.5. The van der Waals surface area contributed by atoms with E-state index in [9.17, 15) is 14.7 Å². The maximum Gasteiger partial charge on any atom is 0.240 e. The van der Waals surface area contributed by atoms with E-state index in [1.165, 1.54) is 19.4 Å². The second kappa shape index (κ2) is 9.43. The first-order valence-electron chi connectivity index (χ1n) is 7.72. The van der Waals surface area contributed by atoms with E-state index >= 15 is 0 Å². The van der Waals surface area contributed by atoms with Crippen LogP contribution in [-0.4, -0.2) is 30.2 Å². The summed E-state index contributed by atoms with van der Waals surface area (Å²) >= 11 is 5.77. The van der Waals surface area contributed by atoms with Gasteiger partial charge in [-0.15, -0.1) is 0 Å². The molecule has 2 aromatic carbocycles. The van der Waals surface area contributed by atoms with Crippen LogP contribution in [0.3, 0.4) is 0 Å². The minimum atomic E-state index is -0.421. The van der Waals surface area contributed by atoms with E-state index in [4.69, 9.17) is 16.3 Å². The Labute approximate surface area is 155 Å². The molecule has 26 heavy (non-hydrogen) atoms. The summed E-state index contributed by atoms with van der Waals surface area (Å²) in [5.41, 5.74) is 3.30. The van der Waals surface area contributed by atoms with E-state index in [1.807, 2.05) is 0 Å². The number of halogens is 1. The maximum absolute atomic E-state index is 11.8. The van der Waals surface area contributed by atoms with E-state index in [1.54, 1.807) is 36.4 Å². The number of carbonyl (C=O) groups excluding carboxylic acids is 2. The second-order valence-electron chi connectivity index (χ2n) is 5.27. The second-order valence-corrected chi connectivity index (χ2v) is 5.71. The molecule has 2 amide bonds. The molecule has 0 saturated carbocycles. The van der Waals surface area contributed by atoms with Crippen LogP contribution >= 0.6 is 11.6 Å². The Kier molecular flexibility index (Phi) is 6.99. The number of rotatable bonds is 7. The Balaban J connectivity index is 1.78. The Morgan fingerprint density at radius 1 is 1.15 bits per heavy atom. The summed E-state index contributed by atoms with van der Waals surface area (Å²) < 4.78 is 5.05. The van der Waals surface area contributed by atoms with E-state index in [2.05, 4.69) is 15.8 Å². The summed E-state index contributed by atoms with van der Waals surface area (Å²) in [4.78, 5) is 23.5. The monoisotopic (exact) mass is 375 g/mol. The first-order chi connectivity index (χ1) is 12.5. The minimum Gasteiger partial charge on any atom is -0.507 e. The minimum absolute atomic E-state index is 0.00569. The van der Waals surface area contributed by atoms with Gasteiger partial charge in [-0.05, 0) is 42.5 Å². The molecule has 2 rings (SSSR count). The number of amides is 2. The third kappa shape index (κ3) is 6.10. The third-order valence-corrected chi connectivity index (χ3v) is 3.59. The van der Waals surface area contributed by atoms with Crippen molar-refractivity contribution in [3.05, 3.63) is 53.1 Å². The number of hydrazone groups is 1. The van der Waals surface area contributed by atoms with Crippen molar-refractivity contribution in [1.29, 1.82) is 0 Å². The number of phenolic OH excluding ortho intramolecular Hbond substituents is 1. The average Bonchev–Trinajstić information content (AvgIpc) is 2.63. The van der Waals surface area contributed by atoms with Crippen molar-refractivity contribution in [3.63, 3.8) is 0 Å². The molecule has 0 fully saturated rings. The fourth-order valence-corrected chi connectivity index (χ4v) is 2.10. The Morgan fingerprint density at radius 2 is 1.85 bits per heavy atom. The van der Waals surface area contributed by atoms with E-state index < -0.39 is 5.91 Å². The highest BCUT2D eigenvalue weighted by Crippen LogP contribution is 2.21. The molecule has 0 bridgehead atoms. The molecule has 7 nitrogen and oxygen atoms in total. The van der Waals surface area contributed by atoms with Crippen LogP contribution in [0.4, 0.5) is 5.69 Å². The van der Waals surface area contributed by atoms with Gasteiger partial charge >= 0.3 is 0 Å². The zero-order chi connectivity index (χ0) is 18.9. The predicted molar refractivity (Wildman–Crippen MR) is 99.7 cm³/mol. The number of methoxy groups -OCH3 is 1. The van der Waals surface area contributed by atoms with Gasteiger partial charge in [-0.2, -0.15) is 5.10 Å². The Bertz CT molecular complexity index is 807. The lowest BCUT2D eigenvalue weighted by Crippen LogP contribution is -2.20. The predicted octanol–water partition coefficient (Wildman–Crippen LogP) is 2.92. The molecule has 0 spiro atoms. The lowest BCUT2D eigenvalue weighted by Gasteiger charge is -2.05. The lowest BCUT2D eigenvalue weighted by molar-refractivity contribution is -0.124. The first kappa shape index (κ1) is 19.3. The number of hydrogen-bond donors (Lipinski definition) is 3. The van der Waals surface area contributed by atoms with Gasteiger partial charge in [0.15, 0.2) is 0 Å². The van der Waals surface area contributed by atoms with Crippen molar-refractivity contribution < 1.29 is 19.4 Å². The number of phenols is 1. The Morgan fingerprint density at radius 3 is 2.54 bits per heavy atom. The molecule has 0 aliphatic carbocycles. The molecular formula is C18H18ClN3O4. The molecule has 0 aromatic heterocycles. The quantitative estimate of drug-likeness (QED) is 0.511.